The summed E-state index contributed by atoms with van der Waals surface area (Å²) in [7, 11) is -9.22. The summed E-state index contributed by atoms with van der Waals surface area (Å²) in [6, 6.07) is 4.89. The predicted octanol–water partition coefficient (Wildman–Crippen LogP) is -1.90. The van der Waals surface area contributed by atoms with Crippen molar-refractivity contribution in [3.05, 3.63) is 41.3 Å². The Kier molecular flexibility index (Phi) is 6.70. The van der Waals surface area contributed by atoms with E-state index in [1.165, 1.54) is 6.26 Å². The van der Waals surface area contributed by atoms with Gasteiger partial charge in [-0.2, -0.15) is 0 Å². The van der Waals surface area contributed by atoms with Gasteiger partial charge in [-0.1, -0.05) is 11.6 Å². The third-order valence-corrected chi connectivity index (χ3v) is 4.90. The van der Waals surface area contributed by atoms with Gasteiger partial charge in [0, 0.05) is 0 Å². The molecule has 0 aliphatic rings. The first-order valence-corrected chi connectivity index (χ1v) is 9.01. The molecule has 0 saturated carbocycles. The standard InChI is InChI=1S/C11H11ClN2O6S2.Na/c12-8-4-9(14-6-7-2-1-3-20-7)11(22(17,18)19)5-10(8)21(13,15)16;/h1-5,14H,6H2,(H2,13,15,16)(H,17,18,19);/q;+1/p-1. The Balaban J connectivity index is 0.00000264. The molecule has 1 aromatic heterocycles. The van der Waals surface area contributed by atoms with E-state index >= 15 is 0 Å². The second-order valence-electron chi connectivity index (χ2n) is 4.21. The van der Waals surface area contributed by atoms with Gasteiger partial charge >= 0.3 is 29.6 Å². The van der Waals surface area contributed by atoms with Gasteiger partial charge in [-0.05, 0) is 24.3 Å². The van der Waals surface area contributed by atoms with E-state index in [1.54, 1.807) is 12.1 Å². The minimum atomic E-state index is -4.95. The quantitative estimate of drug-likeness (QED) is 0.450. The summed E-state index contributed by atoms with van der Waals surface area (Å²) in [5, 5.41) is 7.27. The number of benzene rings is 1. The Bertz CT molecular complexity index is 897. The number of anilines is 1. The average Bonchev–Trinajstić information content (AvgIpc) is 2.86. The second-order valence-corrected chi connectivity index (χ2v) is 7.50. The van der Waals surface area contributed by atoms with Crippen LogP contribution >= 0.6 is 11.6 Å². The maximum Gasteiger partial charge on any atom is 1.00 e. The number of nitrogens with one attached hydrogen (secondary N) is 1. The van der Waals surface area contributed by atoms with Crippen LogP contribution in [0.5, 0.6) is 0 Å². The van der Waals surface area contributed by atoms with Crippen LogP contribution in [0.4, 0.5) is 5.69 Å². The van der Waals surface area contributed by atoms with Gasteiger partial charge in [0.1, 0.15) is 20.8 Å². The fourth-order valence-electron chi connectivity index (χ4n) is 1.69. The van der Waals surface area contributed by atoms with E-state index in [9.17, 15) is 21.4 Å². The van der Waals surface area contributed by atoms with E-state index in [1.807, 2.05) is 0 Å². The predicted molar refractivity (Wildman–Crippen MR) is 76.8 cm³/mol. The van der Waals surface area contributed by atoms with Gasteiger partial charge in [-0.25, -0.2) is 22.0 Å². The van der Waals surface area contributed by atoms with Gasteiger partial charge in [-0.3, -0.25) is 0 Å². The van der Waals surface area contributed by atoms with E-state index in [2.05, 4.69) is 5.32 Å². The number of hydrogen-bond donors (Lipinski definition) is 2. The first-order chi connectivity index (χ1) is 10.1. The van der Waals surface area contributed by atoms with Gasteiger partial charge in [0.2, 0.25) is 10.0 Å². The number of rotatable bonds is 5. The Labute approximate surface area is 160 Å². The Morgan fingerprint density at radius 1 is 1.22 bits per heavy atom. The van der Waals surface area contributed by atoms with Crippen LogP contribution in [-0.2, 0) is 26.7 Å². The Morgan fingerprint density at radius 2 is 1.87 bits per heavy atom. The summed E-state index contributed by atoms with van der Waals surface area (Å²) in [5.74, 6) is 0.473. The van der Waals surface area contributed by atoms with Crippen LogP contribution in [-0.4, -0.2) is 21.4 Å². The monoisotopic (exact) mass is 388 g/mol. The molecule has 0 unspecified atom stereocenters. The number of hydrogen-bond acceptors (Lipinski definition) is 7. The van der Waals surface area contributed by atoms with Crippen molar-refractivity contribution in [2.45, 2.75) is 16.3 Å². The third kappa shape index (κ3) is 5.19. The first kappa shape index (κ1) is 20.5. The van der Waals surface area contributed by atoms with E-state index in [-0.39, 0.29) is 46.8 Å². The number of primary sulfonamides is 1. The average molecular weight is 389 g/mol. The summed E-state index contributed by atoms with van der Waals surface area (Å²) < 4.78 is 61.7. The summed E-state index contributed by atoms with van der Waals surface area (Å²) in [4.78, 5) is -1.42. The molecule has 1 heterocycles. The molecular weight excluding hydrogens is 379 g/mol. The zero-order valence-electron chi connectivity index (χ0n) is 11.8. The molecule has 1 aromatic carbocycles. The summed E-state index contributed by atoms with van der Waals surface area (Å²) >= 11 is 5.78. The van der Waals surface area contributed by atoms with Crippen LogP contribution in [0.3, 0.4) is 0 Å². The van der Waals surface area contributed by atoms with Crippen LogP contribution < -0.4 is 40.0 Å². The third-order valence-electron chi connectivity index (χ3n) is 2.64. The van der Waals surface area contributed by atoms with E-state index in [0.29, 0.717) is 11.8 Å². The van der Waals surface area contributed by atoms with Gasteiger partial charge < -0.3 is 14.3 Å². The number of furan rings is 1. The molecule has 12 heteroatoms. The summed E-state index contributed by atoms with van der Waals surface area (Å²) in [6.45, 7) is 0.0700. The normalized spacial score (nSPS) is 11.8. The topological polar surface area (TPSA) is 143 Å². The van der Waals surface area contributed by atoms with Crippen molar-refractivity contribution in [3.63, 3.8) is 0 Å². The molecule has 8 nitrogen and oxygen atoms in total. The van der Waals surface area contributed by atoms with Gasteiger partial charge in [-0.15, -0.1) is 0 Å². The smallest absolute Gasteiger partial charge is 0.744 e. The number of nitrogens with two attached hydrogens (primary N) is 1. The fourth-order valence-corrected chi connectivity index (χ4v) is 3.53. The zero-order valence-corrected chi connectivity index (χ0v) is 16.2. The molecule has 0 amide bonds. The molecule has 2 rings (SSSR count). The summed E-state index contributed by atoms with van der Waals surface area (Å²) in [5.41, 5.74) is -0.149. The SMILES string of the molecule is NS(=O)(=O)c1cc(S(=O)(=O)[O-])c(NCc2ccco2)cc1Cl.[Na+]. The fraction of sp³-hybridized carbons (Fsp3) is 0.0909. The molecular formula is C11H10ClN2NaO6S2. The molecule has 0 radical (unpaired) electrons. The molecule has 0 spiro atoms. The van der Waals surface area contributed by atoms with Crippen molar-refractivity contribution in [3.8, 4) is 0 Å². The van der Waals surface area contributed by atoms with E-state index in [4.69, 9.17) is 21.2 Å². The maximum absolute atomic E-state index is 11.3. The maximum atomic E-state index is 11.3. The second kappa shape index (κ2) is 7.53. The molecule has 0 atom stereocenters. The molecule has 0 saturated heterocycles. The number of halogens is 1. The molecule has 23 heavy (non-hydrogen) atoms. The largest absolute Gasteiger partial charge is 1.00 e. The van der Waals surface area contributed by atoms with Crippen LogP contribution in [0, 0.1) is 0 Å². The van der Waals surface area contributed by atoms with Crippen molar-refractivity contribution >= 4 is 37.4 Å². The Hall–Kier alpha value is -0.590. The van der Waals surface area contributed by atoms with Crippen molar-refractivity contribution in [2.75, 3.05) is 5.32 Å². The van der Waals surface area contributed by atoms with Crippen molar-refractivity contribution < 1.29 is 55.4 Å². The van der Waals surface area contributed by atoms with Crippen LogP contribution in [0.25, 0.3) is 0 Å². The van der Waals surface area contributed by atoms with Crippen molar-refractivity contribution in [1.29, 1.82) is 0 Å². The van der Waals surface area contributed by atoms with E-state index < -0.39 is 29.9 Å². The molecule has 3 N–H and O–H groups in total. The molecule has 0 aliphatic heterocycles. The van der Waals surface area contributed by atoms with E-state index in [0.717, 1.165) is 6.07 Å². The molecule has 120 valence electrons. The van der Waals surface area contributed by atoms with Crippen LogP contribution in [0.15, 0.2) is 44.7 Å². The van der Waals surface area contributed by atoms with Crippen molar-refractivity contribution in [1.82, 2.24) is 0 Å². The van der Waals surface area contributed by atoms with Crippen molar-refractivity contribution in [2.24, 2.45) is 5.14 Å². The minimum Gasteiger partial charge on any atom is -0.744 e. The molecule has 2 aromatic rings. The first-order valence-electron chi connectivity index (χ1n) is 5.67. The molecule has 0 fully saturated rings. The zero-order chi connectivity index (χ0) is 16.5. The van der Waals surface area contributed by atoms with Gasteiger partial charge in [0.05, 0.1) is 28.4 Å². The molecule has 0 bridgehead atoms. The Morgan fingerprint density at radius 3 is 2.35 bits per heavy atom. The van der Waals surface area contributed by atoms with Crippen LogP contribution in [0.1, 0.15) is 5.76 Å². The number of sulfonamides is 1. The minimum absolute atomic E-state index is 0. The van der Waals surface area contributed by atoms with Gasteiger partial charge in [0.25, 0.3) is 0 Å². The molecule has 0 aliphatic carbocycles. The van der Waals surface area contributed by atoms with Gasteiger partial charge in [0.15, 0.2) is 0 Å². The van der Waals surface area contributed by atoms with Crippen LogP contribution in [0.2, 0.25) is 5.02 Å². The summed E-state index contributed by atoms with van der Waals surface area (Å²) in [6.07, 6.45) is 1.42.